The van der Waals surface area contributed by atoms with Crippen LogP contribution in [0.4, 0.5) is 0 Å². The molecule has 0 aliphatic carbocycles. The molecule has 1 aromatic heterocycles. The Morgan fingerprint density at radius 1 is 1.54 bits per heavy atom. The summed E-state index contributed by atoms with van der Waals surface area (Å²) in [4.78, 5) is 1.13. The Kier molecular flexibility index (Phi) is 2.86. The van der Waals surface area contributed by atoms with Crippen LogP contribution >= 0.6 is 46.6 Å². The van der Waals surface area contributed by atoms with Gasteiger partial charge < -0.3 is 0 Å². The van der Waals surface area contributed by atoms with Gasteiger partial charge in [-0.2, -0.15) is 0 Å². The van der Waals surface area contributed by atoms with Crippen molar-refractivity contribution >= 4 is 56.6 Å². The van der Waals surface area contributed by atoms with E-state index in [-0.39, 0.29) is 0 Å². The minimum Gasteiger partial charge on any atom is -0.143 e. The first-order valence-electron chi connectivity index (χ1n) is 4.11. The number of aryl methyl sites for hydroxylation is 1. The molecule has 0 aliphatic rings. The zero-order valence-corrected chi connectivity index (χ0v) is 11.0. The van der Waals surface area contributed by atoms with Gasteiger partial charge in [0.1, 0.15) is 0 Å². The number of halogens is 1. The Labute approximate surface area is 101 Å². The van der Waals surface area contributed by atoms with Crippen molar-refractivity contribution in [3.63, 3.8) is 0 Å². The van der Waals surface area contributed by atoms with Crippen LogP contribution in [0.3, 0.4) is 0 Å². The lowest BCUT2D eigenvalue weighted by Gasteiger charge is -2.05. The molecule has 1 aromatic carbocycles. The lowest BCUT2D eigenvalue weighted by atomic mass is 10.1. The lowest BCUT2D eigenvalue weighted by molar-refractivity contribution is 1.11. The molecule has 0 saturated carbocycles. The molecule has 0 radical (unpaired) electrons. The Hall–Kier alpha value is 0.260. The van der Waals surface area contributed by atoms with Crippen LogP contribution in [0.15, 0.2) is 22.4 Å². The molecule has 0 aliphatic heterocycles. The normalized spacial score (nSPS) is 11.0. The first-order valence-corrected chi connectivity index (χ1v) is 6.52. The molecule has 3 heteroatoms. The monoisotopic (exact) mass is 320 g/mol. The molecule has 0 unspecified atom stereocenters. The summed E-state index contributed by atoms with van der Waals surface area (Å²) in [5.41, 5.74) is 1.38. The van der Waals surface area contributed by atoms with E-state index in [0.717, 1.165) is 11.3 Å². The number of hydrogen-bond acceptors (Lipinski definition) is 2. The Morgan fingerprint density at radius 2 is 2.31 bits per heavy atom. The second-order valence-corrected chi connectivity index (χ2v) is 5.43. The average Bonchev–Trinajstić information content (AvgIpc) is 2.53. The number of thiophene rings is 1. The Balaban J connectivity index is 2.88. The molecule has 0 fully saturated rings. The Bertz CT molecular complexity index is 445. The molecule has 0 spiro atoms. The third-order valence-electron chi connectivity index (χ3n) is 2.12. The van der Waals surface area contributed by atoms with Crippen LogP contribution in [0, 0.1) is 3.57 Å². The fourth-order valence-corrected chi connectivity index (χ4v) is 4.18. The van der Waals surface area contributed by atoms with Crippen molar-refractivity contribution in [1.29, 1.82) is 0 Å². The highest BCUT2D eigenvalue weighted by Crippen LogP contribution is 2.33. The third-order valence-corrected chi connectivity index (χ3v) is 4.39. The minimum atomic E-state index is 1.06. The predicted molar refractivity (Wildman–Crippen MR) is 71.2 cm³/mol. The van der Waals surface area contributed by atoms with E-state index >= 15 is 0 Å². The highest BCUT2D eigenvalue weighted by molar-refractivity contribution is 14.1. The molecule has 13 heavy (non-hydrogen) atoms. The molecular weight excluding hydrogens is 311 g/mol. The van der Waals surface area contributed by atoms with Crippen LogP contribution in [0.5, 0.6) is 0 Å². The standard InChI is InChI=1S/C10H9IS2/c1-2-6-9(12)5-8(11)7-3-4-13-10(6)7/h3-5,12H,2H2,1H3. The fourth-order valence-electron chi connectivity index (χ4n) is 1.47. The van der Waals surface area contributed by atoms with Gasteiger partial charge in [0.05, 0.1) is 0 Å². The van der Waals surface area contributed by atoms with Gasteiger partial charge in [0.2, 0.25) is 0 Å². The molecule has 0 nitrogen and oxygen atoms in total. The first-order chi connectivity index (χ1) is 6.24. The van der Waals surface area contributed by atoms with Gasteiger partial charge in [0, 0.05) is 18.6 Å². The van der Waals surface area contributed by atoms with Gasteiger partial charge in [0.15, 0.2) is 0 Å². The van der Waals surface area contributed by atoms with E-state index in [1.54, 1.807) is 0 Å². The zero-order valence-electron chi connectivity index (χ0n) is 7.17. The maximum atomic E-state index is 4.50. The molecule has 1 heterocycles. The van der Waals surface area contributed by atoms with Crippen molar-refractivity contribution in [2.75, 3.05) is 0 Å². The van der Waals surface area contributed by atoms with E-state index in [1.165, 1.54) is 19.2 Å². The number of thiol groups is 1. The van der Waals surface area contributed by atoms with E-state index in [9.17, 15) is 0 Å². The molecule has 0 N–H and O–H groups in total. The van der Waals surface area contributed by atoms with Crippen LogP contribution in [0.25, 0.3) is 10.1 Å². The zero-order chi connectivity index (χ0) is 9.42. The van der Waals surface area contributed by atoms with Crippen LogP contribution in [-0.2, 0) is 6.42 Å². The van der Waals surface area contributed by atoms with Crippen molar-refractivity contribution < 1.29 is 0 Å². The molecule has 68 valence electrons. The summed E-state index contributed by atoms with van der Waals surface area (Å²) in [5.74, 6) is 0. The topological polar surface area (TPSA) is 0 Å². The van der Waals surface area contributed by atoms with Gasteiger partial charge in [-0.3, -0.25) is 0 Å². The molecule has 2 rings (SSSR count). The maximum Gasteiger partial charge on any atom is 0.0396 e. The lowest BCUT2D eigenvalue weighted by Crippen LogP contribution is -1.85. The van der Waals surface area contributed by atoms with E-state index < -0.39 is 0 Å². The van der Waals surface area contributed by atoms with Gasteiger partial charge >= 0.3 is 0 Å². The van der Waals surface area contributed by atoms with E-state index in [2.05, 4.69) is 59.7 Å². The van der Waals surface area contributed by atoms with Gasteiger partial charge in [-0.05, 0) is 52.1 Å². The number of benzene rings is 1. The van der Waals surface area contributed by atoms with E-state index in [0.29, 0.717) is 0 Å². The summed E-state index contributed by atoms with van der Waals surface area (Å²) in [6.07, 6.45) is 1.06. The summed E-state index contributed by atoms with van der Waals surface area (Å²) in [5, 5.41) is 3.53. The maximum absolute atomic E-state index is 4.50. The molecule has 0 amide bonds. The molecule has 0 bridgehead atoms. The number of fused-ring (bicyclic) bond motifs is 1. The van der Waals surface area contributed by atoms with Gasteiger partial charge in [0.25, 0.3) is 0 Å². The average molecular weight is 320 g/mol. The van der Waals surface area contributed by atoms with Crippen LogP contribution < -0.4 is 0 Å². The number of rotatable bonds is 1. The van der Waals surface area contributed by atoms with Gasteiger partial charge in [-0.15, -0.1) is 24.0 Å². The molecule has 0 atom stereocenters. The van der Waals surface area contributed by atoms with E-state index in [4.69, 9.17) is 0 Å². The minimum absolute atomic E-state index is 1.06. The quantitative estimate of drug-likeness (QED) is 0.586. The summed E-state index contributed by atoms with van der Waals surface area (Å²) in [6.45, 7) is 2.18. The summed E-state index contributed by atoms with van der Waals surface area (Å²) >= 11 is 8.68. The van der Waals surface area contributed by atoms with E-state index in [1.807, 2.05) is 11.3 Å². The first kappa shape index (κ1) is 9.80. The fraction of sp³-hybridized carbons (Fsp3) is 0.200. The van der Waals surface area contributed by atoms with Crippen LogP contribution in [0.1, 0.15) is 12.5 Å². The van der Waals surface area contributed by atoms with Gasteiger partial charge in [-0.25, -0.2) is 0 Å². The Morgan fingerprint density at radius 3 is 3.00 bits per heavy atom. The van der Waals surface area contributed by atoms with Crippen LogP contribution in [-0.4, -0.2) is 0 Å². The molecule has 2 aromatic rings. The van der Waals surface area contributed by atoms with Crippen molar-refractivity contribution in [3.8, 4) is 0 Å². The SMILES string of the molecule is CCc1c(S)cc(I)c2ccsc12. The largest absolute Gasteiger partial charge is 0.143 e. The summed E-state index contributed by atoms with van der Waals surface area (Å²) in [7, 11) is 0. The molecular formula is C10H9IS2. The molecule has 0 saturated heterocycles. The second-order valence-electron chi connectivity index (χ2n) is 2.87. The van der Waals surface area contributed by atoms with Crippen LogP contribution in [0.2, 0.25) is 0 Å². The highest BCUT2D eigenvalue weighted by Gasteiger charge is 2.07. The van der Waals surface area contributed by atoms with Gasteiger partial charge in [-0.1, -0.05) is 6.92 Å². The smallest absolute Gasteiger partial charge is 0.0396 e. The second kappa shape index (κ2) is 3.79. The van der Waals surface area contributed by atoms with Crippen molar-refractivity contribution in [2.24, 2.45) is 0 Å². The highest BCUT2D eigenvalue weighted by atomic mass is 127. The van der Waals surface area contributed by atoms with Crippen molar-refractivity contribution in [2.45, 2.75) is 18.2 Å². The summed E-state index contributed by atoms with van der Waals surface area (Å²) in [6, 6.07) is 4.34. The number of hydrogen-bond donors (Lipinski definition) is 1. The third kappa shape index (κ3) is 1.62. The van der Waals surface area contributed by atoms with Crippen molar-refractivity contribution in [3.05, 3.63) is 26.6 Å². The summed E-state index contributed by atoms with van der Waals surface area (Å²) < 4.78 is 2.70. The predicted octanol–water partition coefficient (Wildman–Crippen LogP) is 4.36. The van der Waals surface area contributed by atoms with Crippen molar-refractivity contribution in [1.82, 2.24) is 0 Å².